The van der Waals surface area contributed by atoms with Crippen molar-refractivity contribution in [3.63, 3.8) is 0 Å². The van der Waals surface area contributed by atoms with Crippen LogP contribution in [0.2, 0.25) is 0 Å². The number of anilines is 1. The molecule has 2 rings (SSSR count). The van der Waals surface area contributed by atoms with Crippen molar-refractivity contribution in [2.45, 2.75) is 13.3 Å². The van der Waals surface area contributed by atoms with Gasteiger partial charge < -0.3 is 5.32 Å². The number of nitro groups is 1. The van der Waals surface area contributed by atoms with Crippen molar-refractivity contribution in [2.75, 3.05) is 5.32 Å². The molecule has 6 heteroatoms. The minimum absolute atomic E-state index is 0.0277. The van der Waals surface area contributed by atoms with Crippen molar-refractivity contribution >= 4 is 17.3 Å². The second-order valence-electron chi connectivity index (χ2n) is 4.61. The maximum atomic E-state index is 13.1. The van der Waals surface area contributed by atoms with E-state index < -0.39 is 10.7 Å². The van der Waals surface area contributed by atoms with Gasteiger partial charge in [-0.15, -0.1) is 0 Å². The van der Waals surface area contributed by atoms with Crippen molar-refractivity contribution in [3.05, 3.63) is 69.5 Å². The Hall–Kier alpha value is -2.76. The summed E-state index contributed by atoms with van der Waals surface area (Å²) in [6.07, 6.45) is 0.0634. The Morgan fingerprint density at radius 1 is 1.24 bits per heavy atom. The summed E-state index contributed by atoms with van der Waals surface area (Å²) < 4.78 is 13.1. The Labute approximate surface area is 120 Å². The van der Waals surface area contributed by atoms with E-state index in [1.165, 1.54) is 36.4 Å². The van der Waals surface area contributed by atoms with Gasteiger partial charge in [-0.3, -0.25) is 14.9 Å². The summed E-state index contributed by atoms with van der Waals surface area (Å²) in [5.74, 6) is -0.733. The van der Waals surface area contributed by atoms with Gasteiger partial charge in [0.25, 0.3) is 5.69 Å². The summed E-state index contributed by atoms with van der Waals surface area (Å²) >= 11 is 0. The van der Waals surface area contributed by atoms with Gasteiger partial charge in [0.1, 0.15) is 5.82 Å². The summed E-state index contributed by atoms with van der Waals surface area (Å²) in [7, 11) is 0. The van der Waals surface area contributed by atoms with Crippen LogP contribution in [0.25, 0.3) is 0 Å². The average molecular weight is 288 g/mol. The highest BCUT2D eigenvalue weighted by Gasteiger charge is 2.09. The van der Waals surface area contributed by atoms with Gasteiger partial charge in [-0.05, 0) is 30.2 Å². The van der Waals surface area contributed by atoms with Gasteiger partial charge in [0.2, 0.25) is 5.91 Å². The number of carbonyl (C=O) groups is 1. The molecule has 0 saturated carbocycles. The number of benzene rings is 2. The quantitative estimate of drug-likeness (QED) is 0.693. The standard InChI is InChI=1S/C15H13FN2O3/c1-10-2-5-12(16)9-14(10)17-15(19)8-11-3-6-13(7-4-11)18(20)21/h2-7,9H,8H2,1H3,(H,17,19). The van der Waals surface area contributed by atoms with Crippen LogP contribution in [0, 0.1) is 22.9 Å². The smallest absolute Gasteiger partial charge is 0.269 e. The molecule has 0 aromatic heterocycles. The van der Waals surface area contributed by atoms with Gasteiger partial charge in [0, 0.05) is 17.8 Å². The maximum Gasteiger partial charge on any atom is 0.269 e. The number of nitrogens with one attached hydrogen (secondary N) is 1. The molecule has 0 aliphatic rings. The average Bonchev–Trinajstić information content (AvgIpc) is 2.43. The molecule has 0 saturated heterocycles. The van der Waals surface area contributed by atoms with Crippen LogP contribution in [-0.2, 0) is 11.2 Å². The largest absolute Gasteiger partial charge is 0.325 e. The van der Waals surface area contributed by atoms with Crippen LogP contribution in [0.3, 0.4) is 0 Å². The first-order valence-corrected chi connectivity index (χ1v) is 6.25. The van der Waals surface area contributed by atoms with Crippen molar-refractivity contribution in [2.24, 2.45) is 0 Å². The molecule has 0 fully saturated rings. The fourth-order valence-electron chi connectivity index (χ4n) is 1.84. The Kier molecular flexibility index (Phi) is 4.27. The van der Waals surface area contributed by atoms with E-state index in [0.717, 1.165) is 5.56 Å². The SMILES string of the molecule is Cc1ccc(F)cc1NC(=O)Cc1ccc([N+](=O)[O-])cc1. The number of halogens is 1. The van der Waals surface area contributed by atoms with Crippen molar-refractivity contribution in [1.82, 2.24) is 0 Å². The lowest BCUT2D eigenvalue weighted by Crippen LogP contribution is -2.15. The minimum Gasteiger partial charge on any atom is -0.325 e. The van der Waals surface area contributed by atoms with E-state index in [2.05, 4.69) is 5.32 Å². The lowest BCUT2D eigenvalue weighted by atomic mass is 10.1. The monoisotopic (exact) mass is 288 g/mol. The molecule has 2 aromatic carbocycles. The van der Waals surface area contributed by atoms with Crippen LogP contribution in [-0.4, -0.2) is 10.8 Å². The summed E-state index contributed by atoms with van der Waals surface area (Å²) in [6.45, 7) is 1.76. The lowest BCUT2D eigenvalue weighted by Gasteiger charge is -2.08. The van der Waals surface area contributed by atoms with Crippen LogP contribution in [0.5, 0.6) is 0 Å². The summed E-state index contributed by atoms with van der Waals surface area (Å²) in [5.41, 5.74) is 1.79. The highest BCUT2D eigenvalue weighted by Crippen LogP contribution is 2.17. The zero-order valence-electron chi connectivity index (χ0n) is 11.3. The molecule has 1 amide bonds. The van der Waals surface area contributed by atoms with Gasteiger partial charge in [-0.25, -0.2) is 4.39 Å². The summed E-state index contributed by atoms with van der Waals surface area (Å²) in [5, 5.41) is 13.2. The molecule has 5 nitrogen and oxygen atoms in total. The van der Waals surface area contributed by atoms with Gasteiger partial charge in [-0.2, -0.15) is 0 Å². The van der Waals surface area contributed by atoms with Crippen LogP contribution < -0.4 is 5.32 Å². The normalized spacial score (nSPS) is 10.2. The highest BCUT2D eigenvalue weighted by atomic mass is 19.1. The third-order valence-corrected chi connectivity index (χ3v) is 2.99. The van der Waals surface area contributed by atoms with E-state index in [4.69, 9.17) is 0 Å². The zero-order valence-corrected chi connectivity index (χ0v) is 11.3. The second kappa shape index (κ2) is 6.13. The van der Waals surface area contributed by atoms with E-state index in [-0.39, 0.29) is 18.0 Å². The van der Waals surface area contributed by atoms with Gasteiger partial charge in [0.05, 0.1) is 11.3 Å². The van der Waals surface area contributed by atoms with E-state index in [9.17, 15) is 19.3 Å². The van der Waals surface area contributed by atoms with E-state index in [1.54, 1.807) is 13.0 Å². The molecule has 0 spiro atoms. The second-order valence-corrected chi connectivity index (χ2v) is 4.61. The van der Waals surface area contributed by atoms with Gasteiger partial charge in [0.15, 0.2) is 0 Å². The number of carbonyl (C=O) groups excluding carboxylic acids is 1. The molecular weight excluding hydrogens is 275 g/mol. The Morgan fingerprint density at radius 3 is 2.52 bits per heavy atom. The number of nitrogens with zero attached hydrogens (tertiary/aromatic N) is 1. The van der Waals surface area contributed by atoms with Crippen LogP contribution in [0.15, 0.2) is 42.5 Å². The molecule has 0 radical (unpaired) electrons. The fourth-order valence-corrected chi connectivity index (χ4v) is 1.84. The number of amides is 1. The molecular formula is C15H13FN2O3. The number of nitro benzene ring substituents is 1. The molecule has 0 aliphatic carbocycles. The maximum absolute atomic E-state index is 13.1. The molecule has 0 unspecified atom stereocenters. The third-order valence-electron chi connectivity index (χ3n) is 2.99. The Morgan fingerprint density at radius 2 is 1.90 bits per heavy atom. The summed E-state index contributed by atoms with van der Waals surface area (Å²) in [6, 6.07) is 9.89. The fraction of sp³-hybridized carbons (Fsp3) is 0.133. The first-order chi connectivity index (χ1) is 9.95. The topological polar surface area (TPSA) is 72.2 Å². The number of aryl methyl sites for hydroxylation is 1. The number of hydrogen-bond acceptors (Lipinski definition) is 3. The molecule has 2 aromatic rings. The van der Waals surface area contributed by atoms with Gasteiger partial charge in [-0.1, -0.05) is 18.2 Å². The van der Waals surface area contributed by atoms with E-state index >= 15 is 0 Å². The first kappa shape index (κ1) is 14.6. The highest BCUT2D eigenvalue weighted by molar-refractivity contribution is 5.92. The van der Waals surface area contributed by atoms with Crippen LogP contribution in [0.1, 0.15) is 11.1 Å². The van der Waals surface area contributed by atoms with E-state index in [0.29, 0.717) is 11.3 Å². The molecule has 108 valence electrons. The molecule has 0 heterocycles. The zero-order chi connectivity index (χ0) is 15.4. The lowest BCUT2D eigenvalue weighted by molar-refractivity contribution is -0.384. The number of rotatable bonds is 4. The van der Waals surface area contributed by atoms with E-state index in [1.807, 2.05) is 0 Å². The molecule has 1 N–H and O–H groups in total. The Balaban J connectivity index is 2.04. The van der Waals surface area contributed by atoms with Crippen molar-refractivity contribution in [1.29, 1.82) is 0 Å². The molecule has 0 aliphatic heterocycles. The minimum atomic E-state index is -0.500. The van der Waals surface area contributed by atoms with Crippen LogP contribution >= 0.6 is 0 Å². The van der Waals surface area contributed by atoms with Crippen molar-refractivity contribution in [3.8, 4) is 0 Å². The van der Waals surface area contributed by atoms with Gasteiger partial charge >= 0.3 is 0 Å². The molecule has 0 bridgehead atoms. The van der Waals surface area contributed by atoms with Crippen LogP contribution in [0.4, 0.5) is 15.8 Å². The first-order valence-electron chi connectivity index (χ1n) is 6.25. The predicted octanol–water partition coefficient (Wildman–Crippen LogP) is 3.22. The number of hydrogen-bond donors (Lipinski definition) is 1. The molecule has 0 atom stereocenters. The third kappa shape index (κ3) is 3.85. The predicted molar refractivity (Wildman–Crippen MR) is 76.6 cm³/mol. The molecule has 21 heavy (non-hydrogen) atoms. The number of non-ortho nitro benzene ring substituents is 1. The van der Waals surface area contributed by atoms with Crippen molar-refractivity contribution < 1.29 is 14.1 Å². The summed E-state index contributed by atoms with van der Waals surface area (Å²) in [4.78, 5) is 21.9. The Bertz CT molecular complexity index is 684.